The van der Waals surface area contributed by atoms with Gasteiger partial charge in [-0.05, 0) is 36.5 Å². The van der Waals surface area contributed by atoms with Gasteiger partial charge in [-0.15, -0.1) is 10.2 Å². The van der Waals surface area contributed by atoms with Crippen LogP contribution in [0.25, 0.3) is 10.6 Å². The fourth-order valence-electron chi connectivity index (χ4n) is 1.81. The first kappa shape index (κ1) is 15.9. The van der Waals surface area contributed by atoms with Crippen molar-refractivity contribution in [2.45, 2.75) is 0 Å². The molecule has 0 amide bonds. The Balaban J connectivity index is 1.63. The minimum absolute atomic E-state index is 0.0190. The zero-order valence-corrected chi connectivity index (χ0v) is 13.7. The number of nitrogens with zero attached hydrogens (tertiary/aromatic N) is 4. The number of benzene rings is 1. The molecular formula is C14H10N6O2S2. The highest BCUT2D eigenvalue weighted by Gasteiger charge is 2.09. The highest BCUT2D eigenvalue weighted by Crippen LogP contribution is 2.25. The lowest BCUT2D eigenvalue weighted by atomic mass is 10.3. The molecule has 0 aliphatic carbocycles. The SMILES string of the molecule is O=[N+]([O-])c1ccc(NC(=S)Nc2nnc(-c3ccncc3)s2)cc1. The summed E-state index contributed by atoms with van der Waals surface area (Å²) >= 11 is 6.55. The fourth-order valence-corrected chi connectivity index (χ4v) is 2.84. The molecule has 2 heterocycles. The van der Waals surface area contributed by atoms with Gasteiger partial charge >= 0.3 is 0 Å². The Bertz CT molecular complexity index is 866. The van der Waals surface area contributed by atoms with Gasteiger partial charge in [0, 0.05) is 35.8 Å². The number of hydrogen-bond acceptors (Lipinski definition) is 7. The van der Waals surface area contributed by atoms with E-state index in [2.05, 4.69) is 25.8 Å². The molecule has 10 heteroatoms. The average Bonchev–Trinajstić information content (AvgIpc) is 3.04. The molecule has 0 fully saturated rings. The molecular weight excluding hydrogens is 348 g/mol. The smallest absolute Gasteiger partial charge is 0.269 e. The van der Waals surface area contributed by atoms with Gasteiger partial charge in [-0.3, -0.25) is 15.1 Å². The molecule has 8 nitrogen and oxygen atoms in total. The third-order valence-corrected chi connectivity index (χ3v) is 4.00. The number of thiocarbonyl (C=S) groups is 1. The van der Waals surface area contributed by atoms with Crippen LogP contribution in [-0.4, -0.2) is 25.2 Å². The number of hydrogen-bond donors (Lipinski definition) is 2. The van der Waals surface area contributed by atoms with Crippen LogP contribution in [0, 0.1) is 10.1 Å². The molecule has 120 valence electrons. The van der Waals surface area contributed by atoms with Gasteiger partial charge in [0.15, 0.2) is 5.11 Å². The first-order valence-corrected chi connectivity index (χ1v) is 7.90. The second-order valence-electron chi connectivity index (χ2n) is 4.53. The van der Waals surface area contributed by atoms with Gasteiger partial charge in [-0.25, -0.2) is 0 Å². The van der Waals surface area contributed by atoms with E-state index in [-0.39, 0.29) is 5.69 Å². The van der Waals surface area contributed by atoms with Crippen LogP contribution in [0.2, 0.25) is 0 Å². The lowest BCUT2D eigenvalue weighted by molar-refractivity contribution is -0.384. The predicted molar refractivity (Wildman–Crippen MR) is 96.1 cm³/mol. The summed E-state index contributed by atoms with van der Waals surface area (Å²) in [5.41, 5.74) is 1.58. The molecule has 2 aromatic heterocycles. The van der Waals surface area contributed by atoms with Crippen molar-refractivity contribution >= 4 is 45.2 Å². The van der Waals surface area contributed by atoms with Gasteiger partial charge in [-0.1, -0.05) is 11.3 Å². The molecule has 0 atom stereocenters. The number of pyridine rings is 1. The Kier molecular flexibility index (Phi) is 4.68. The summed E-state index contributed by atoms with van der Waals surface area (Å²) in [7, 11) is 0. The molecule has 0 aliphatic rings. The molecule has 3 rings (SSSR count). The number of rotatable bonds is 4. The van der Waals surface area contributed by atoms with E-state index in [0.717, 1.165) is 10.6 Å². The van der Waals surface area contributed by atoms with Crippen LogP contribution in [0.4, 0.5) is 16.5 Å². The van der Waals surface area contributed by atoms with Crippen LogP contribution in [0.3, 0.4) is 0 Å². The Morgan fingerprint density at radius 2 is 1.79 bits per heavy atom. The van der Waals surface area contributed by atoms with Crippen LogP contribution in [0.1, 0.15) is 0 Å². The number of nitro benzene ring substituents is 1. The normalized spacial score (nSPS) is 10.2. The van der Waals surface area contributed by atoms with Gasteiger partial charge in [0.25, 0.3) is 5.69 Å². The highest BCUT2D eigenvalue weighted by molar-refractivity contribution is 7.80. The second kappa shape index (κ2) is 7.06. The molecule has 0 bridgehead atoms. The molecule has 2 N–H and O–H groups in total. The number of aromatic nitrogens is 3. The highest BCUT2D eigenvalue weighted by atomic mass is 32.1. The van der Waals surface area contributed by atoms with Crippen LogP contribution in [0.5, 0.6) is 0 Å². The molecule has 24 heavy (non-hydrogen) atoms. The van der Waals surface area contributed by atoms with E-state index >= 15 is 0 Å². The summed E-state index contributed by atoms with van der Waals surface area (Å²) < 4.78 is 0. The van der Waals surface area contributed by atoms with Crippen molar-refractivity contribution in [1.29, 1.82) is 0 Å². The molecule has 0 unspecified atom stereocenters. The van der Waals surface area contributed by atoms with Crippen LogP contribution in [0.15, 0.2) is 48.8 Å². The maximum Gasteiger partial charge on any atom is 0.269 e. The van der Waals surface area contributed by atoms with E-state index < -0.39 is 4.92 Å². The summed E-state index contributed by atoms with van der Waals surface area (Å²) in [6.45, 7) is 0. The minimum Gasteiger partial charge on any atom is -0.332 e. The molecule has 0 aliphatic heterocycles. The first-order chi connectivity index (χ1) is 11.6. The largest absolute Gasteiger partial charge is 0.332 e. The van der Waals surface area contributed by atoms with E-state index in [1.54, 1.807) is 24.5 Å². The minimum atomic E-state index is -0.456. The zero-order valence-electron chi connectivity index (χ0n) is 12.0. The van der Waals surface area contributed by atoms with Crippen LogP contribution >= 0.6 is 23.6 Å². The summed E-state index contributed by atoms with van der Waals surface area (Å²) in [5, 5.41) is 26.2. The van der Waals surface area contributed by atoms with E-state index in [1.165, 1.54) is 23.5 Å². The number of anilines is 2. The summed E-state index contributed by atoms with van der Waals surface area (Å²) in [5.74, 6) is 0. The number of nitrogens with one attached hydrogen (secondary N) is 2. The lowest BCUT2D eigenvalue weighted by Gasteiger charge is -2.07. The third kappa shape index (κ3) is 3.86. The monoisotopic (exact) mass is 358 g/mol. The number of non-ortho nitro benzene ring substituents is 1. The Hall–Kier alpha value is -2.98. The summed E-state index contributed by atoms with van der Waals surface area (Å²) in [6, 6.07) is 9.65. The van der Waals surface area contributed by atoms with Crippen molar-refractivity contribution in [1.82, 2.24) is 15.2 Å². The Morgan fingerprint density at radius 3 is 2.46 bits per heavy atom. The van der Waals surface area contributed by atoms with Gasteiger partial charge < -0.3 is 10.6 Å². The third-order valence-electron chi connectivity index (χ3n) is 2.91. The molecule has 0 radical (unpaired) electrons. The summed E-state index contributed by atoms with van der Waals surface area (Å²) in [6.07, 6.45) is 3.37. The van der Waals surface area contributed by atoms with E-state index in [1.807, 2.05) is 12.1 Å². The quantitative estimate of drug-likeness (QED) is 0.416. The van der Waals surface area contributed by atoms with Crippen molar-refractivity contribution in [3.8, 4) is 10.6 Å². The molecule has 0 saturated heterocycles. The molecule has 0 saturated carbocycles. The molecule has 3 aromatic rings. The van der Waals surface area contributed by atoms with Crippen molar-refractivity contribution < 1.29 is 4.92 Å². The van der Waals surface area contributed by atoms with Crippen molar-refractivity contribution in [2.75, 3.05) is 10.6 Å². The van der Waals surface area contributed by atoms with E-state index in [4.69, 9.17) is 12.2 Å². The zero-order chi connectivity index (χ0) is 16.9. The lowest BCUT2D eigenvalue weighted by Crippen LogP contribution is -2.18. The maximum atomic E-state index is 10.6. The van der Waals surface area contributed by atoms with E-state index in [9.17, 15) is 10.1 Å². The molecule has 1 aromatic carbocycles. The summed E-state index contributed by atoms with van der Waals surface area (Å²) in [4.78, 5) is 14.1. The fraction of sp³-hybridized carbons (Fsp3) is 0. The topological polar surface area (TPSA) is 106 Å². The molecule has 0 spiro atoms. The van der Waals surface area contributed by atoms with Crippen molar-refractivity contribution in [3.05, 3.63) is 58.9 Å². The van der Waals surface area contributed by atoms with Gasteiger partial charge in [0.2, 0.25) is 5.13 Å². The number of nitro groups is 1. The second-order valence-corrected chi connectivity index (χ2v) is 5.92. The van der Waals surface area contributed by atoms with Gasteiger partial charge in [0.1, 0.15) is 5.01 Å². The van der Waals surface area contributed by atoms with Crippen LogP contribution in [-0.2, 0) is 0 Å². The Morgan fingerprint density at radius 1 is 1.08 bits per heavy atom. The van der Waals surface area contributed by atoms with E-state index in [0.29, 0.717) is 15.9 Å². The van der Waals surface area contributed by atoms with Gasteiger partial charge in [-0.2, -0.15) is 0 Å². The average molecular weight is 358 g/mol. The van der Waals surface area contributed by atoms with Crippen molar-refractivity contribution in [3.63, 3.8) is 0 Å². The first-order valence-electron chi connectivity index (χ1n) is 6.68. The predicted octanol–water partition coefficient (Wildman–Crippen LogP) is 3.32. The van der Waals surface area contributed by atoms with Crippen molar-refractivity contribution in [2.24, 2.45) is 0 Å². The van der Waals surface area contributed by atoms with Crippen LogP contribution < -0.4 is 10.6 Å². The van der Waals surface area contributed by atoms with Gasteiger partial charge in [0.05, 0.1) is 4.92 Å². The standard InChI is InChI=1S/C14H10N6O2S2/c21-20(22)11-3-1-10(2-4-11)16-13(23)17-14-19-18-12(24-14)9-5-7-15-8-6-9/h1-8H,(H2,16,17,19,23). The Labute approximate surface area is 145 Å². The maximum absolute atomic E-state index is 10.6.